The molecule has 0 radical (unpaired) electrons. The topological polar surface area (TPSA) is 21.7 Å². The second-order valence-corrected chi connectivity index (χ2v) is 4.09. The molecule has 0 saturated carbocycles. The van der Waals surface area contributed by atoms with Crippen LogP contribution in [-0.2, 0) is 9.47 Å². The Morgan fingerprint density at radius 3 is 2.44 bits per heavy atom. The van der Waals surface area contributed by atoms with Crippen molar-refractivity contribution in [3.63, 3.8) is 0 Å². The molecule has 1 saturated heterocycles. The summed E-state index contributed by atoms with van der Waals surface area (Å²) < 4.78 is 10.5. The predicted octanol–water partition coefficient (Wildman–Crippen LogP) is 2.58. The van der Waals surface area contributed by atoms with E-state index in [9.17, 15) is 0 Å². The van der Waals surface area contributed by atoms with Crippen molar-refractivity contribution in [3.8, 4) is 0 Å². The van der Waals surface area contributed by atoms with Crippen LogP contribution in [0.1, 0.15) is 24.7 Å². The first-order chi connectivity index (χ1) is 7.85. The molecule has 1 aliphatic rings. The van der Waals surface area contributed by atoms with Crippen molar-refractivity contribution >= 4 is 5.69 Å². The summed E-state index contributed by atoms with van der Waals surface area (Å²) >= 11 is 0. The molecule has 88 valence electrons. The molecule has 16 heavy (non-hydrogen) atoms. The summed E-state index contributed by atoms with van der Waals surface area (Å²) in [5.74, 6) is 0. The normalized spacial score (nSPS) is 16.1. The molecule has 0 amide bonds. The monoisotopic (exact) mass is 221 g/mol. The van der Waals surface area contributed by atoms with Gasteiger partial charge in [0.15, 0.2) is 6.29 Å². The van der Waals surface area contributed by atoms with Gasteiger partial charge in [-0.2, -0.15) is 0 Å². The van der Waals surface area contributed by atoms with Crippen LogP contribution in [0.5, 0.6) is 0 Å². The van der Waals surface area contributed by atoms with Gasteiger partial charge < -0.3 is 14.4 Å². The smallest absolute Gasteiger partial charge is 0.183 e. The highest BCUT2D eigenvalue weighted by Gasteiger charge is 2.14. The summed E-state index contributed by atoms with van der Waals surface area (Å²) in [6, 6.07) is 8.41. The van der Waals surface area contributed by atoms with Crippen molar-refractivity contribution < 1.29 is 9.47 Å². The fourth-order valence-corrected chi connectivity index (χ4v) is 2.21. The Hall–Kier alpha value is -1.06. The molecule has 0 atom stereocenters. The Bertz CT molecular complexity index is 313. The molecule has 0 unspecified atom stereocenters. The third-order valence-electron chi connectivity index (χ3n) is 3.04. The van der Waals surface area contributed by atoms with E-state index in [1.807, 2.05) is 6.07 Å². The molecule has 1 aromatic rings. The van der Waals surface area contributed by atoms with E-state index in [2.05, 4.69) is 23.1 Å². The summed E-state index contributed by atoms with van der Waals surface area (Å²) in [7, 11) is 3.33. The van der Waals surface area contributed by atoms with Crippen LogP contribution in [0.15, 0.2) is 24.3 Å². The fraction of sp³-hybridized carbons (Fsp3) is 0.538. The van der Waals surface area contributed by atoms with E-state index < -0.39 is 0 Å². The average molecular weight is 221 g/mol. The van der Waals surface area contributed by atoms with Crippen molar-refractivity contribution in [2.75, 3.05) is 32.2 Å². The van der Waals surface area contributed by atoms with Gasteiger partial charge in [-0.1, -0.05) is 12.1 Å². The summed E-state index contributed by atoms with van der Waals surface area (Å²) in [6.45, 7) is 2.32. The second kappa shape index (κ2) is 5.32. The summed E-state index contributed by atoms with van der Waals surface area (Å²) in [5, 5.41) is 0. The lowest BCUT2D eigenvalue weighted by Gasteiger charge is -2.20. The van der Waals surface area contributed by atoms with Crippen molar-refractivity contribution in [1.29, 1.82) is 0 Å². The highest BCUT2D eigenvalue weighted by Crippen LogP contribution is 2.25. The Morgan fingerprint density at radius 2 is 1.81 bits per heavy atom. The molecular formula is C13H19NO2. The molecule has 0 N–H and O–H groups in total. The van der Waals surface area contributed by atoms with Gasteiger partial charge in [0, 0.05) is 38.6 Å². The number of rotatable bonds is 4. The molecule has 1 fully saturated rings. The highest BCUT2D eigenvalue weighted by atomic mass is 16.7. The summed E-state index contributed by atoms with van der Waals surface area (Å²) in [5.41, 5.74) is 2.35. The van der Waals surface area contributed by atoms with Crippen LogP contribution in [0.2, 0.25) is 0 Å². The Labute approximate surface area is 97.0 Å². The van der Waals surface area contributed by atoms with E-state index in [4.69, 9.17) is 9.47 Å². The molecule has 0 aromatic heterocycles. The minimum Gasteiger partial charge on any atom is -0.372 e. The molecule has 1 heterocycles. The molecule has 0 bridgehead atoms. The molecule has 0 spiro atoms. The lowest BCUT2D eigenvalue weighted by atomic mass is 10.2. The van der Waals surface area contributed by atoms with Crippen LogP contribution in [0.25, 0.3) is 0 Å². The SMILES string of the molecule is COC(OC)c1cccc(N2CCCC2)c1. The van der Waals surface area contributed by atoms with Crippen LogP contribution >= 0.6 is 0 Å². The number of nitrogens with zero attached hydrogens (tertiary/aromatic N) is 1. The first kappa shape index (κ1) is 11.4. The zero-order chi connectivity index (χ0) is 11.4. The Morgan fingerprint density at radius 1 is 1.12 bits per heavy atom. The maximum absolute atomic E-state index is 5.26. The van der Waals surface area contributed by atoms with Crippen molar-refractivity contribution in [3.05, 3.63) is 29.8 Å². The van der Waals surface area contributed by atoms with E-state index in [-0.39, 0.29) is 6.29 Å². The summed E-state index contributed by atoms with van der Waals surface area (Å²) in [4.78, 5) is 2.41. The van der Waals surface area contributed by atoms with Gasteiger partial charge in [-0.15, -0.1) is 0 Å². The third-order valence-corrected chi connectivity index (χ3v) is 3.04. The van der Waals surface area contributed by atoms with Crippen LogP contribution in [-0.4, -0.2) is 27.3 Å². The van der Waals surface area contributed by atoms with Gasteiger partial charge in [-0.3, -0.25) is 0 Å². The number of hydrogen-bond acceptors (Lipinski definition) is 3. The third kappa shape index (κ3) is 2.36. The fourth-order valence-electron chi connectivity index (χ4n) is 2.21. The molecule has 0 aliphatic carbocycles. The van der Waals surface area contributed by atoms with Gasteiger partial charge in [-0.25, -0.2) is 0 Å². The van der Waals surface area contributed by atoms with E-state index in [1.165, 1.54) is 18.5 Å². The second-order valence-electron chi connectivity index (χ2n) is 4.09. The van der Waals surface area contributed by atoms with E-state index >= 15 is 0 Å². The van der Waals surface area contributed by atoms with Crippen LogP contribution < -0.4 is 4.90 Å². The van der Waals surface area contributed by atoms with Crippen molar-refractivity contribution in [2.45, 2.75) is 19.1 Å². The van der Waals surface area contributed by atoms with Crippen molar-refractivity contribution in [2.24, 2.45) is 0 Å². The number of benzene rings is 1. The van der Waals surface area contributed by atoms with Gasteiger partial charge in [0.05, 0.1) is 0 Å². The standard InChI is InChI=1S/C13H19NO2/c1-15-13(16-2)11-6-5-7-12(10-11)14-8-3-4-9-14/h5-7,10,13H,3-4,8-9H2,1-2H3. The Balaban J connectivity index is 2.18. The van der Waals surface area contributed by atoms with E-state index in [0.717, 1.165) is 18.7 Å². The molecule has 3 nitrogen and oxygen atoms in total. The number of ether oxygens (including phenoxy) is 2. The van der Waals surface area contributed by atoms with Gasteiger partial charge in [0.25, 0.3) is 0 Å². The number of hydrogen-bond donors (Lipinski definition) is 0. The van der Waals surface area contributed by atoms with E-state index in [0.29, 0.717) is 0 Å². The van der Waals surface area contributed by atoms with Crippen LogP contribution in [0.4, 0.5) is 5.69 Å². The number of anilines is 1. The largest absolute Gasteiger partial charge is 0.372 e. The van der Waals surface area contributed by atoms with Gasteiger partial charge >= 0.3 is 0 Å². The van der Waals surface area contributed by atoms with Crippen LogP contribution in [0, 0.1) is 0 Å². The molecule has 3 heteroatoms. The zero-order valence-electron chi connectivity index (χ0n) is 9.98. The van der Waals surface area contributed by atoms with Crippen LogP contribution in [0.3, 0.4) is 0 Å². The van der Waals surface area contributed by atoms with Crippen molar-refractivity contribution in [1.82, 2.24) is 0 Å². The summed E-state index contributed by atoms with van der Waals surface area (Å²) in [6.07, 6.45) is 2.33. The predicted molar refractivity (Wildman–Crippen MR) is 64.6 cm³/mol. The van der Waals surface area contributed by atoms with Gasteiger partial charge in [0.2, 0.25) is 0 Å². The minimum absolute atomic E-state index is 0.262. The first-order valence-electron chi connectivity index (χ1n) is 5.75. The quantitative estimate of drug-likeness (QED) is 0.729. The minimum atomic E-state index is -0.262. The maximum atomic E-state index is 5.26. The lowest BCUT2D eigenvalue weighted by Crippen LogP contribution is -2.18. The zero-order valence-corrected chi connectivity index (χ0v) is 9.98. The number of methoxy groups -OCH3 is 2. The highest BCUT2D eigenvalue weighted by molar-refractivity contribution is 5.49. The van der Waals surface area contributed by atoms with E-state index in [1.54, 1.807) is 14.2 Å². The Kier molecular flexibility index (Phi) is 3.80. The maximum Gasteiger partial charge on any atom is 0.183 e. The van der Waals surface area contributed by atoms with Gasteiger partial charge in [0.1, 0.15) is 0 Å². The molecule has 2 rings (SSSR count). The first-order valence-corrected chi connectivity index (χ1v) is 5.75. The average Bonchev–Trinajstić information content (AvgIpc) is 2.85. The molecular weight excluding hydrogens is 202 g/mol. The molecule has 1 aliphatic heterocycles. The van der Waals surface area contributed by atoms with Gasteiger partial charge in [-0.05, 0) is 25.0 Å². The lowest BCUT2D eigenvalue weighted by molar-refractivity contribution is -0.105. The molecule has 1 aromatic carbocycles.